The number of aromatic nitrogens is 2. The Balaban J connectivity index is 2.37. The van der Waals surface area contributed by atoms with Crippen molar-refractivity contribution in [2.45, 2.75) is 39.9 Å². The zero-order valence-electron chi connectivity index (χ0n) is 17.8. The summed E-state index contributed by atoms with van der Waals surface area (Å²) in [6, 6.07) is 3.12. The van der Waals surface area contributed by atoms with E-state index < -0.39 is 11.7 Å². The van der Waals surface area contributed by atoms with Crippen LogP contribution in [-0.4, -0.2) is 48.9 Å². The van der Waals surface area contributed by atoms with E-state index in [-0.39, 0.29) is 17.9 Å². The minimum absolute atomic E-state index is 0.115. The van der Waals surface area contributed by atoms with Crippen LogP contribution in [0.4, 0.5) is 13.2 Å². The highest BCUT2D eigenvalue weighted by atomic mass is 19.4. The van der Waals surface area contributed by atoms with Gasteiger partial charge in [-0.3, -0.25) is 10.00 Å². The lowest BCUT2D eigenvalue weighted by Gasteiger charge is -2.20. The lowest BCUT2D eigenvalue weighted by molar-refractivity contribution is -0.139. The Morgan fingerprint density at radius 2 is 1.97 bits per heavy atom. The van der Waals surface area contributed by atoms with Gasteiger partial charge in [0.15, 0.2) is 0 Å². The molecule has 0 aliphatic rings. The third-order valence-electron chi connectivity index (χ3n) is 4.84. The molecular formula is C21H31F3N4O. The van der Waals surface area contributed by atoms with Crippen molar-refractivity contribution < 1.29 is 17.9 Å². The van der Waals surface area contributed by atoms with Gasteiger partial charge in [0.2, 0.25) is 0 Å². The van der Waals surface area contributed by atoms with E-state index in [4.69, 9.17) is 4.74 Å². The Bertz CT molecular complexity index is 787. The summed E-state index contributed by atoms with van der Waals surface area (Å²) in [5, 5.41) is 10.1. The lowest BCUT2D eigenvalue weighted by atomic mass is 9.95. The summed E-state index contributed by atoms with van der Waals surface area (Å²) < 4.78 is 47.1. The molecule has 0 aliphatic carbocycles. The van der Waals surface area contributed by atoms with Gasteiger partial charge in [0.05, 0.1) is 12.3 Å². The van der Waals surface area contributed by atoms with Gasteiger partial charge in [-0.25, -0.2) is 0 Å². The van der Waals surface area contributed by atoms with Gasteiger partial charge in [-0.2, -0.15) is 18.3 Å². The summed E-state index contributed by atoms with van der Waals surface area (Å²) in [5.41, 5.74) is 1.35. The average molecular weight is 413 g/mol. The standard InChI is InChI=1S/C21H31F3N4O/c1-14(2)8-11-29-19-7-6-16(15(3)20(19)21(22,23)24)17-12-26-27-18(17)13-28(5)10-9-25-4/h6-7,12,14,25H,8-11,13H2,1-5H3,(H,26,27). The Kier molecular flexibility index (Phi) is 8.10. The molecule has 0 bridgehead atoms. The molecule has 0 saturated heterocycles. The summed E-state index contributed by atoms with van der Waals surface area (Å²) in [7, 11) is 3.83. The van der Waals surface area contributed by atoms with Gasteiger partial charge in [-0.15, -0.1) is 0 Å². The quantitative estimate of drug-likeness (QED) is 0.604. The van der Waals surface area contributed by atoms with E-state index in [9.17, 15) is 13.2 Å². The van der Waals surface area contributed by atoms with Crippen molar-refractivity contribution in [2.24, 2.45) is 5.92 Å². The fourth-order valence-electron chi connectivity index (χ4n) is 3.17. The van der Waals surface area contributed by atoms with Crippen LogP contribution in [0.3, 0.4) is 0 Å². The topological polar surface area (TPSA) is 53.2 Å². The maximum atomic E-state index is 13.8. The van der Waals surface area contributed by atoms with E-state index >= 15 is 0 Å². The number of hydrogen-bond donors (Lipinski definition) is 2. The van der Waals surface area contributed by atoms with E-state index in [0.29, 0.717) is 35.7 Å². The monoisotopic (exact) mass is 412 g/mol. The van der Waals surface area contributed by atoms with Gasteiger partial charge in [-0.05, 0) is 50.6 Å². The number of nitrogens with zero attached hydrogens (tertiary/aromatic N) is 2. The van der Waals surface area contributed by atoms with E-state index in [1.54, 1.807) is 12.3 Å². The number of nitrogens with one attached hydrogen (secondary N) is 2. The number of hydrogen-bond acceptors (Lipinski definition) is 4. The summed E-state index contributed by atoms with van der Waals surface area (Å²) in [4.78, 5) is 2.07. The van der Waals surface area contributed by atoms with Gasteiger partial charge in [0, 0.05) is 31.4 Å². The Hall–Kier alpha value is -2.06. The van der Waals surface area contributed by atoms with Crippen LogP contribution >= 0.6 is 0 Å². The number of halogens is 3. The number of ether oxygens (including phenoxy) is 1. The molecule has 2 rings (SSSR count). The van der Waals surface area contributed by atoms with Gasteiger partial charge in [0.1, 0.15) is 11.3 Å². The molecule has 0 unspecified atom stereocenters. The number of alkyl halides is 3. The smallest absolute Gasteiger partial charge is 0.420 e. The van der Waals surface area contributed by atoms with Crippen LogP contribution in [-0.2, 0) is 12.7 Å². The number of likely N-dealkylation sites (N-methyl/N-ethyl adjacent to an activating group) is 2. The summed E-state index contributed by atoms with van der Waals surface area (Å²) in [6.07, 6.45) is -2.15. The maximum absolute atomic E-state index is 13.8. The number of benzene rings is 1. The van der Waals surface area contributed by atoms with E-state index in [0.717, 1.165) is 13.1 Å². The molecule has 0 saturated carbocycles. The Morgan fingerprint density at radius 3 is 2.59 bits per heavy atom. The second kappa shape index (κ2) is 10.1. The highest BCUT2D eigenvalue weighted by Crippen LogP contribution is 2.42. The highest BCUT2D eigenvalue weighted by molar-refractivity contribution is 5.72. The van der Waals surface area contributed by atoms with Crippen molar-refractivity contribution in [3.05, 3.63) is 35.2 Å². The predicted molar refractivity (Wildman–Crippen MR) is 109 cm³/mol. The van der Waals surface area contributed by atoms with Crippen molar-refractivity contribution in [3.8, 4) is 16.9 Å². The van der Waals surface area contributed by atoms with Crippen LogP contribution in [0.1, 0.15) is 37.1 Å². The minimum atomic E-state index is -4.50. The van der Waals surface area contributed by atoms with Crippen molar-refractivity contribution in [2.75, 3.05) is 33.8 Å². The molecule has 0 fully saturated rings. The Labute approximate surface area is 170 Å². The SMILES string of the molecule is CNCCN(C)Cc1n[nH]cc1-c1ccc(OCCC(C)C)c(C(F)(F)F)c1C. The first-order valence-corrected chi connectivity index (χ1v) is 9.84. The average Bonchev–Trinajstić information content (AvgIpc) is 3.06. The van der Waals surface area contributed by atoms with Gasteiger partial charge >= 0.3 is 6.18 Å². The number of aromatic amines is 1. The van der Waals surface area contributed by atoms with Gasteiger partial charge in [0.25, 0.3) is 0 Å². The van der Waals surface area contributed by atoms with E-state index in [1.807, 2.05) is 27.9 Å². The lowest BCUT2D eigenvalue weighted by Crippen LogP contribution is -2.27. The van der Waals surface area contributed by atoms with Crippen LogP contribution in [0, 0.1) is 12.8 Å². The third-order valence-corrected chi connectivity index (χ3v) is 4.84. The molecule has 2 N–H and O–H groups in total. The first kappa shape index (κ1) is 23.2. The Morgan fingerprint density at radius 1 is 1.24 bits per heavy atom. The molecule has 0 atom stereocenters. The molecule has 0 spiro atoms. The predicted octanol–water partition coefficient (Wildman–Crippen LogP) is 4.48. The van der Waals surface area contributed by atoms with Crippen LogP contribution < -0.4 is 10.1 Å². The second-order valence-corrected chi connectivity index (χ2v) is 7.73. The maximum Gasteiger partial charge on any atom is 0.420 e. The summed E-state index contributed by atoms with van der Waals surface area (Å²) >= 11 is 0. The van der Waals surface area contributed by atoms with Crippen molar-refractivity contribution in [1.29, 1.82) is 0 Å². The van der Waals surface area contributed by atoms with Crippen LogP contribution in [0.5, 0.6) is 5.75 Å². The molecule has 0 radical (unpaired) electrons. The van der Waals surface area contributed by atoms with Crippen LogP contribution in [0.25, 0.3) is 11.1 Å². The van der Waals surface area contributed by atoms with Gasteiger partial charge < -0.3 is 10.1 Å². The van der Waals surface area contributed by atoms with Gasteiger partial charge in [-0.1, -0.05) is 19.9 Å². The van der Waals surface area contributed by atoms with E-state index in [1.165, 1.54) is 13.0 Å². The minimum Gasteiger partial charge on any atom is -0.493 e. The first-order chi connectivity index (χ1) is 13.6. The zero-order chi connectivity index (χ0) is 21.6. The molecular weight excluding hydrogens is 381 g/mol. The summed E-state index contributed by atoms with van der Waals surface area (Å²) in [6.45, 7) is 7.93. The third kappa shape index (κ3) is 6.21. The van der Waals surface area contributed by atoms with Crippen LogP contribution in [0.15, 0.2) is 18.3 Å². The van der Waals surface area contributed by atoms with E-state index in [2.05, 4.69) is 20.4 Å². The normalized spacial score (nSPS) is 12.2. The zero-order valence-corrected chi connectivity index (χ0v) is 17.8. The van der Waals surface area contributed by atoms with Crippen LogP contribution in [0.2, 0.25) is 0 Å². The molecule has 29 heavy (non-hydrogen) atoms. The highest BCUT2D eigenvalue weighted by Gasteiger charge is 2.37. The molecule has 5 nitrogen and oxygen atoms in total. The van der Waals surface area contributed by atoms with Crippen molar-refractivity contribution >= 4 is 0 Å². The molecule has 0 aliphatic heterocycles. The molecule has 8 heteroatoms. The molecule has 2 aromatic rings. The molecule has 1 aromatic carbocycles. The van der Waals surface area contributed by atoms with Crippen molar-refractivity contribution in [1.82, 2.24) is 20.4 Å². The summed E-state index contributed by atoms with van der Waals surface area (Å²) in [5.74, 6) is 0.244. The number of rotatable bonds is 10. The molecule has 0 amide bonds. The molecule has 162 valence electrons. The fraction of sp³-hybridized carbons (Fsp3) is 0.571. The second-order valence-electron chi connectivity index (χ2n) is 7.73. The van der Waals surface area contributed by atoms with Crippen molar-refractivity contribution in [3.63, 3.8) is 0 Å². The molecule has 1 heterocycles. The molecule has 1 aromatic heterocycles. The number of H-pyrrole nitrogens is 1. The fourth-order valence-corrected chi connectivity index (χ4v) is 3.17. The largest absolute Gasteiger partial charge is 0.493 e. The first-order valence-electron chi connectivity index (χ1n) is 9.84.